The lowest BCUT2D eigenvalue weighted by atomic mass is 10.1. The van der Waals surface area contributed by atoms with E-state index in [2.05, 4.69) is 5.32 Å². The lowest BCUT2D eigenvalue weighted by Gasteiger charge is -2.16. The minimum atomic E-state index is -0.673. The van der Waals surface area contributed by atoms with Crippen molar-refractivity contribution in [2.24, 2.45) is 0 Å². The number of hydrogen-bond donors (Lipinski definition) is 1. The third-order valence-electron chi connectivity index (χ3n) is 4.33. The fourth-order valence-corrected chi connectivity index (χ4v) is 2.90. The average molecular weight is 436 g/mol. The molecule has 0 saturated carbocycles. The molecule has 0 fully saturated rings. The van der Waals surface area contributed by atoms with Crippen molar-refractivity contribution in [2.45, 2.75) is 39.1 Å². The van der Waals surface area contributed by atoms with Gasteiger partial charge in [0.15, 0.2) is 17.6 Å². The van der Waals surface area contributed by atoms with Crippen LogP contribution in [0.3, 0.4) is 0 Å². The van der Waals surface area contributed by atoms with Crippen molar-refractivity contribution in [3.63, 3.8) is 0 Å². The Balaban J connectivity index is 1.78. The fourth-order valence-electron chi connectivity index (χ4n) is 2.78. The fraction of sp³-hybridized carbons (Fsp3) is 0.435. The molecule has 2 rings (SSSR count). The summed E-state index contributed by atoms with van der Waals surface area (Å²) in [5.74, 6) is 1.18. The zero-order chi connectivity index (χ0) is 21.9. The zero-order valence-electron chi connectivity index (χ0n) is 17.9. The van der Waals surface area contributed by atoms with Gasteiger partial charge in [0.2, 0.25) is 0 Å². The van der Waals surface area contributed by atoms with E-state index in [1.165, 1.54) is 7.11 Å². The highest BCUT2D eigenvalue weighted by Gasteiger charge is 2.17. The summed E-state index contributed by atoms with van der Waals surface area (Å²) in [4.78, 5) is 12.4. The predicted octanol–water partition coefficient (Wildman–Crippen LogP) is 4.03. The largest absolute Gasteiger partial charge is 0.493 e. The Morgan fingerprint density at radius 1 is 1.03 bits per heavy atom. The highest BCUT2D eigenvalue weighted by atomic mass is 35.5. The number of nitrogens with one attached hydrogen (secondary N) is 1. The van der Waals surface area contributed by atoms with Gasteiger partial charge >= 0.3 is 0 Å². The Morgan fingerprint density at radius 2 is 1.73 bits per heavy atom. The summed E-state index contributed by atoms with van der Waals surface area (Å²) in [6.45, 7) is 4.96. The number of carbonyl (C=O) groups excluding carboxylic acids is 1. The topological polar surface area (TPSA) is 66.0 Å². The van der Waals surface area contributed by atoms with E-state index in [-0.39, 0.29) is 18.6 Å². The Labute approximate surface area is 183 Å². The van der Waals surface area contributed by atoms with Crippen molar-refractivity contribution in [3.05, 3.63) is 58.6 Å². The third-order valence-corrected chi connectivity index (χ3v) is 4.58. The first kappa shape index (κ1) is 24.0. The molecule has 0 bridgehead atoms. The van der Waals surface area contributed by atoms with E-state index < -0.39 is 6.10 Å². The monoisotopic (exact) mass is 435 g/mol. The van der Waals surface area contributed by atoms with Crippen LogP contribution in [0, 0.1) is 0 Å². The molecule has 30 heavy (non-hydrogen) atoms. The van der Waals surface area contributed by atoms with Crippen LogP contribution in [0.2, 0.25) is 5.02 Å². The molecule has 0 heterocycles. The molecule has 0 aliphatic rings. The number of amides is 1. The maximum atomic E-state index is 12.4. The van der Waals surface area contributed by atoms with Gasteiger partial charge in [0, 0.05) is 18.7 Å². The molecule has 0 aromatic heterocycles. The van der Waals surface area contributed by atoms with Crippen LogP contribution in [0.25, 0.3) is 0 Å². The van der Waals surface area contributed by atoms with E-state index in [4.69, 9.17) is 30.5 Å². The van der Waals surface area contributed by atoms with E-state index in [9.17, 15) is 4.79 Å². The van der Waals surface area contributed by atoms with Crippen LogP contribution in [-0.2, 0) is 27.3 Å². The molecule has 0 spiro atoms. The second-order valence-corrected chi connectivity index (χ2v) is 7.50. The molecular formula is C23H30ClNO5. The summed E-state index contributed by atoms with van der Waals surface area (Å²) >= 11 is 5.87. The lowest BCUT2D eigenvalue weighted by molar-refractivity contribution is -0.135. The lowest BCUT2D eigenvalue weighted by Crippen LogP contribution is -2.39. The van der Waals surface area contributed by atoms with Crippen molar-refractivity contribution in [2.75, 3.05) is 27.4 Å². The normalized spacial score (nSPS) is 11.9. The molecule has 1 amide bonds. The first-order valence-electron chi connectivity index (χ1n) is 9.89. The summed E-state index contributed by atoms with van der Waals surface area (Å²) in [7, 11) is 3.11. The highest BCUT2D eigenvalue weighted by Crippen LogP contribution is 2.29. The molecule has 2 aromatic carbocycles. The van der Waals surface area contributed by atoms with Crippen LogP contribution < -0.4 is 14.8 Å². The van der Waals surface area contributed by atoms with Crippen molar-refractivity contribution in [1.82, 2.24) is 5.32 Å². The minimum absolute atomic E-state index is 0.0666. The highest BCUT2D eigenvalue weighted by molar-refractivity contribution is 6.30. The summed E-state index contributed by atoms with van der Waals surface area (Å²) in [5.41, 5.74) is 2.02. The number of ether oxygens (including phenoxy) is 4. The molecule has 0 aliphatic carbocycles. The van der Waals surface area contributed by atoms with Crippen LogP contribution in [0.1, 0.15) is 25.0 Å². The number of methoxy groups -OCH3 is 2. The Kier molecular flexibility index (Phi) is 9.94. The van der Waals surface area contributed by atoms with Gasteiger partial charge in [0.25, 0.3) is 5.91 Å². The van der Waals surface area contributed by atoms with E-state index in [1.54, 1.807) is 19.2 Å². The maximum Gasteiger partial charge on any atom is 0.251 e. The number of carbonyl (C=O) groups is 1. The SMILES string of the molecule is COc1cc(CCNC(=O)[C@H](COCc2ccc(Cl)cc2)OC)ccc1OC(C)C. The van der Waals surface area contributed by atoms with Crippen molar-refractivity contribution < 1.29 is 23.7 Å². The molecule has 1 N–H and O–H groups in total. The molecule has 164 valence electrons. The first-order chi connectivity index (χ1) is 14.4. The van der Waals surface area contributed by atoms with Gasteiger partial charge in [-0.05, 0) is 55.7 Å². The molecule has 7 heteroatoms. The Morgan fingerprint density at radius 3 is 2.37 bits per heavy atom. The van der Waals surface area contributed by atoms with Gasteiger partial charge in [0.1, 0.15) is 0 Å². The molecule has 0 aliphatic heterocycles. The smallest absolute Gasteiger partial charge is 0.251 e. The molecule has 6 nitrogen and oxygen atoms in total. The van der Waals surface area contributed by atoms with E-state index in [1.807, 2.05) is 44.2 Å². The van der Waals surface area contributed by atoms with Gasteiger partial charge < -0.3 is 24.3 Å². The van der Waals surface area contributed by atoms with Gasteiger partial charge in [-0.15, -0.1) is 0 Å². The number of benzene rings is 2. The summed E-state index contributed by atoms with van der Waals surface area (Å²) < 4.78 is 22.0. The van der Waals surface area contributed by atoms with Crippen LogP contribution in [-0.4, -0.2) is 45.5 Å². The van der Waals surface area contributed by atoms with Gasteiger partial charge in [-0.2, -0.15) is 0 Å². The molecule has 2 aromatic rings. The van der Waals surface area contributed by atoms with Gasteiger partial charge in [0.05, 0.1) is 26.4 Å². The van der Waals surface area contributed by atoms with Crippen LogP contribution in [0.15, 0.2) is 42.5 Å². The molecule has 0 radical (unpaired) electrons. The standard InChI is InChI=1S/C23H30ClNO5/c1-16(2)30-20-10-7-17(13-21(20)27-3)11-12-25-23(26)22(28-4)15-29-14-18-5-8-19(24)9-6-18/h5-10,13,16,22H,11-12,14-15H2,1-4H3,(H,25,26)/t22-/m0/s1. The molecule has 1 atom stereocenters. The maximum absolute atomic E-state index is 12.4. The minimum Gasteiger partial charge on any atom is -0.493 e. The summed E-state index contributed by atoms with van der Waals surface area (Å²) in [6, 6.07) is 13.2. The van der Waals surface area contributed by atoms with E-state index in [0.717, 1.165) is 11.1 Å². The summed E-state index contributed by atoms with van der Waals surface area (Å²) in [5, 5.41) is 3.56. The summed E-state index contributed by atoms with van der Waals surface area (Å²) in [6.07, 6.45) is 0.0529. The van der Waals surface area contributed by atoms with Crippen molar-refractivity contribution in [3.8, 4) is 11.5 Å². The van der Waals surface area contributed by atoms with Crippen LogP contribution in [0.4, 0.5) is 0 Å². The van der Waals surface area contributed by atoms with Crippen LogP contribution >= 0.6 is 11.6 Å². The third kappa shape index (κ3) is 7.86. The predicted molar refractivity (Wildman–Crippen MR) is 117 cm³/mol. The van der Waals surface area contributed by atoms with E-state index >= 15 is 0 Å². The zero-order valence-corrected chi connectivity index (χ0v) is 18.7. The van der Waals surface area contributed by atoms with Gasteiger partial charge in [-0.1, -0.05) is 29.8 Å². The molecule has 0 unspecified atom stereocenters. The second kappa shape index (κ2) is 12.4. The quantitative estimate of drug-likeness (QED) is 0.545. The first-order valence-corrected chi connectivity index (χ1v) is 10.3. The van der Waals surface area contributed by atoms with Crippen LogP contribution in [0.5, 0.6) is 11.5 Å². The number of hydrogen-bond acceptors (Lipinski definition) is 5. The van der Waals surface area contributed by atoms with Gasteiger partial charge in [-0.25, -0.2) is 0 Å². The average Bonchev–Trinajstić information content (AvgIpc) is 2.73. The second-order valence-electron chi connectivity index (χ2n) is 7.06. The Hall–Kier alpha value is -2.28. The van der Waals surface area contributed by atoms with Crippen molar-refractivity contribution >= 4 is 17.5 Å². The molecule has 0 saturated heterocycles. The Bertz CT molecular complexity index is 795. The van der Waals surface area contributed by atoms with Gasteiger partial charge in [-0.3, -0.25) is 4.79 Å². The number of rotatable bonds is 12. The number of halogens is 1. The van der Waals surface area contributed by atoms with E-state index in [0.29, 0.717) is 36.1 Å². The molecular weight excluding hydrogens is 406 g/mol. The van der Waals surface area contributed by atoms with Crippen molar-refractivity contribution in [1.29, 1.82) is 0 Å².